The highest BCUT2D eigenvalue weighted by Gasteiger charge is 2.43. The quantitative estimate of drug-likeness (QED) is 0.393. The predicted molar refractivity (Wildman–Crippen MR) is 125 cm³/mol. The predicted octanol–water partition coefficient (Wildman–Crippen LogP) is 3.75. The zero-order chi connectivity index (χ0) is 25.8. The van der Waals surface area contributed by atoms with Gasteiger partial charge in [0.05, 0.1) is 29.6 Å². The topological polar surface area (TPSA) is 113 Å². The first-order valence-electron chi connectivity index (χ1n) is 11.0. The lowest BCUT2D eigenvalue weighted by Crippen LogP contribution is -2.59. The Morgan fingerprint density at radius 2 is 1.83 bits per heavy atom. The van der Waals surface area contributed by atoms with E-state index < -0.39 is 29.1 Å². The molecule has 3 aromatic rings. The molecular weight excluding hydrogens is 477 g/mol. The summed E-state index contributed by atoms with van der Waals surface area (Å²) in [5, 5.41) is 17.8. The number of rotatable bonds is 7. The molecule has 8 nitrogen and oxygen atoms in total. The van der Waals surface area contributed by atoms with Crippen molar-refractivity contribution in [3.05, 3.63) is 83.7 Å². The lowest BCUT2D eigenvalue weighted by atomic mass is 9.96. The molecule has 1 fully saturated rings. The minimum atomic E-state index is -4.49. The Bertz CT molecular complexity index is 1240. The van der Waals surface area contributed by atoms with Crippen LogP contribution in [0.5, 0.6) is 5.75 Å². The van der Waals surface area contributed by atoms with E-state index in [0.29, 0.717) is 11.3 Å². The summed E-state index contributed by atoms with van der Waals surface area (Å²) in [5.41, 5.74) is -0.860. The number of halogens is 3. The fraction of sp³-hybridized carbons (Fsp3) is 0.240. The number of nitrogens with zero attached hydrogens (tertiary/aromatic N) is 1. The Kier molecular flexibility index (Phi) is 7.11. The molecule has 0 bridgehead atoms. The number of alkyl halides is 3. The van der Waals surface area contributed by atoms with Gasteiger partial charge >= 0.3 is 6.18 Å². The molecule has 0 aliphatic carbocycles. The molecule has 2 aromatic carbocycles. The van der Waals surface area contributed by atoms with E-state index in [9.17, 15) is 27.9 Å². The number of pyridine rings is 1. The molecule has 188 valence electrons. The van der Waals surface area contributed by atoms with E-state index in [4.69, 9.17) is 4.74 Å². The number of benzene rings is 2. The van der Waals surface area contributed by atoms with Crippen LogP contribution in [0.1, 0.15) is 27.9 Å². The van der Waals surface area contributed by atoms with Crippen molar-refractivity contribution >= 4 is 23.2 Å². The van der Waals surface area contributed by atoms with Crippen molar-refractivity contribution in [2.24, 2.45) is 0 Å². The van der Waals surface area contributed by atoms with Crippen LogP contribution in [0.3, 0.4) is 0 Å². The molecule has 4 rings (SSSR count). The van der Waals surface area contributed by atoms with Crippen LogP contribution >= 0.6 is 0 Å². The molecule has 36 heavy (non-hydrogen) atoms. The zero-order valence-corrected chi connectivity index (χ0v) is 18.9. The second-order valence-electron chi connectivity index (χ2n) is 8.32. The van der Waals surface area contributed by atoms with Crippen LogP contribution in [0.15, 0.2) is 67.0 Å². The molecule has 1 atom stereocenters. The smallest absolute Gasteiger partial charge is 0.418 e. The second kappa shape index (κ2) is 10.2. The van der Waals surface area contributed by atoms with Crippen LogP contribution in [0, 0.1) is 0 Å². The first kappa shape index (κ1) is 25.0. The molecule has 4 N–H and O–H groups in total. The Hall–Kier alpha value is -4.12. The van der Waals surface area contributed by atoms with Gasteiger partial charge in [0, 0.05) is 31.5 Å². The van der Waals surface area contributed by atoms with Crippen LogP contribution in [0.2, 0.25) is 0 Å². The number of aromatic hydroxyl groups is 1. The fourth-order valence-electron chi connectivity index (χ4n) is 3.79. The van der Waals surface area contributed by atoms with E-state index in [1.54, 1.807) is 24.3 Å². The van der Waals surface area contributed by atoms with E-state index in [1.807, 2.05) is 0 Å². The van der Waals surface area contributed by atoms with E-state index in [2.05, 4.69) is 20.9 Å². The van der Waals surface area contributed by atoms with Gasteiger partial charge in [-0.2, -0.15) is 13.2 Å². The van der Waals surface area contributed by atoms with Gasteiger partial charge in [0.1, 0.15) is 11.3 Å². The molecule has 1 aromatic heterocycles. The Labute approximate surface area is 204 Å². The summed E-state index contributed by atoms with van der Waals surface area (Å²) in [6.45, 7) is 0.396. The van der Waals surface area contributed by atoms with Gasteiger partial charge in [-0.05, 0) is 35.9 Å². The first-order valence-corrected chi connectivity index (χ1v) is 11.0. The number of aromatic nitrogens is 1. The van der Waals surface area contributed by atoms with Crippen LogP contribution in [0.4, 0.5) is 24.5 Å². The van der Waals surface area contributed by atoms with Crippen LogP contribution in [0.25, 0.3) is 0 Å². The molecule has 0 radical (unpaired) electrons. The molecule has 2 amide bonds. The standard InChI is InChI=1S/C25H23F3N4O4/c26-25(27,28)20-3-1-2-4-21(20)31-18-7-5-16(6-8-18)12-30-23(35)24(9-10-36-15-24)32-22(34)17-11-19(33)14-29-13-17/h1-8,11,13-14,31,33H,9-10,12,15H2,(H,30,35)(H,32,34)/t24-/m0/s1. The number of anilines is 2. The van der Waals surface area contributed by atoms with Gasteiger partial charge in [-0.3, -0.25) is 14.6 Å². The molecule has 2 heterocycles. The third-order valence-electron chi connectivity index (χ3n) is 5.71. The van der Waals surface area contributed by atoms with E-state index in [-0.39, 0.29) is 43.2 Å². The number of carbonyl (C=O) groups excluding carboxylic acids is 2. The number of hydrogen-bond donors (Lipinski definition) is 4. The number of hydrogen-bond acceptors (Lipinski definition) is 6. The van der Waals surface area contributed by atoms with Crippen molar-refractivity contribution in [2.45, 2.75) is 24.7 Å². The number of nitrogens with one attached hydrogen (secondary N) is 3. The van der Waals surface area contributed by atoms with Crippen molar-refractivity contribution in [3.63, 3.8) is 0 Å². The number of amides is 2. The Morgan fingerprint density at radius 1 is 1.08 bits per heavy atom. The number of carbonyl (C=O) groups is 2. The number of para-hydroxylation sites is 1. The summed E-state index contributed by atoms with van der Waals surface area (Å²) >= 11 is 0. The zero-order valence-electron chi connectivity index (χ0n) is 18.9. The minimum Gasteiger partial charge on any atom is -0.506 e. The SMILES string of the molecule is O=C(N[C@@]1(C(=O)NCc2ccc(Nc3ccccc3C(F)(F)F)cc2)CCOC1)c1cncc(O)c1. The fourth-order valence-corrected chi connectivity index (χ4v) is 3.79. The van der Waals surface area contributed by atoms with Crippen LogP contribution < -0.4 is 16.0 Å². The van der Waals surface area contributed by atoms with E-state index in [0.717, 1.165) is 6.07 Å². The maximum atomic E-state index is 13.2. The van der Waals surface area contributed by atoms with Crippen molar-refractivity contribution in [3.8, 4) is 5.75 Å². The van der Waals surface area contributed by atoms with Crippen LogP contribution in [-0.4, -0.2) is 40.7 Å². The van der Waals surface area contributed by atoms with Gasteiger partial charge in [0.2, 0.25) is 5.91 Å². The highest BCUT2D eigenvalue weighted by atomic mass is 19.4. The summed E-state index contributed by atoms with van der Waals surface area (Å²) < 4.78 is 45.0. The molecule has 0 spiro atoms. The van der Waals surface area contributed by atoms with Gasteiger partial charge in [0.25, 0.3) is 5.91 Å². The van der Waals surface area contributed by atoms with Gasteiger partial charge < -0.3 is 25.8 Å². The third-order valence-corrected chi connectivity index (χ3v) is 5.71. The summed E-state index contributed by atoms with van der Waals surface area (Å²) in [5.74, 6) is -1.19. The summed E-state index contributed by atoms with van der Waals surface area (Å²) in [4.78, 5) is 29.4. The van der Waals surface area contributed by atoms with Gasteiger partial charge in [0.15, 0.2) is 0 Å². The molecule has 11 heteroatoms. The van der Waals surface area contributed by atoms with E-state index in [1.165, 1.54) is 36.7 Å². The highest BCUT2D eigenvalue weighted by Crippen LogP contribution is 2.35. The number of ether oxygens (including phenoxy) is 1. The van der Waals surface area contributed by atoms with Crippen molar-refractivity contribution in [2.75, 3.05) is 18.5 Å². The Balaban J connectivity index is 1.39. The summed E-state index contributed by atoms with van der Waals surface area (Å²) in [7, 11) is 0. The highest BCUT2D eigenvalue weighted by molar-refractivity contribution is 5.99. The molecule has 0 unspecified atom stereocenters. The average Bonchev–Trinajstić information content (AvgIpc) is 3.33. The van der Waals surface area contributed by atoms with Crippen molar-refractivity contribution < 1.29 is 32.6 Å². The molecular formula is C25H23F3N4O4. The van der Waals surface area contributed by atoms with Gasteiger partial charge in [-0.1, -0.05) is 24.3 Å². The van der Waals surface area contributed by atoms with Crippen molar-refractivity contribution in [1.29, 1.82) is 0 Å². The van der Waals surface area contributed by atoms with Crippen LogP contribution in [-0.2, 0) is 22.3 Å². The largest absolute Gasteiger partial charge is 0.506 e. The normalized spacial score (nSPS) is 17.4. The van der Waals surface area contributed by atoms with E-state index >= 15 is 0 Å². The second-order valence-corrected chi connectivity index (χ2v) is 8.32. The monoisotopic (exact) mass is 500 g/mol. The summed E-state index contributed by atoms with van der Waals surface area (Å²) in [6.07, 6.45) is -1.76. The van der Waals surface area contributed by atoms with Crippen molar-refractivity contribution in [1.82, 2.24) is 15.6 Å². The Morgan fingerprint density at radius 3 is 2.50 bits per heavy atom. The van der Waals surface area contributed by atoms with Gasteiger partial charge in [-0.15, -0.1) is 0 Å². The molecule has 0 saturated carbocycles. The molecule has 1 saturated heterocycles. The lowest BCUT2D eigenvalue weighted by molar-refractivity contribution is -0.137. The summed E-state index contributed by atoms with van der Waals surface area (Å²) in [6, 6.07) is 13.0. The third kappa shape index (κ3) is 5.74. The van der Waals surface area contributed by atoms with Gasteiger partial charge in [-0.25, -0.2) is 0 Å². The molecule has 1 aliphatic heterocycles. The average molecular weight is 500 g/mol. The molecule has 1 aliphatic rings. The maximum Gasteiger partial charge on any atom is 0.418 e. The first-order chi connectivity index (χ1) is 17.2. The maximum absolute atomic E-state index is 13.2. The minimum absolute atomic E-state index is 0.0156. The lowest BCUT2D eigenvalue weighted by Gasteiger charge is -2.27.